The van der Waals surface area contributed by atoms with Gasteiger partial charge in [0.15, 0.2) is 5.76 Å². The first-order chi connectivity index (χ1) is 8.60. The van der Waals surface area contributed by atoms with Crippen molar-refractivity contribution in [3.05, 3.63) is 35.0 Å². The van der Waals surface area contributed by atoms with E-state index in [0.29, 0.717) is 17.2 Å². The Morgan fingerprint density at radius 3 is 3.00 bits per heavy atom. The maximum atomic E-state index is 11.9. The second-order valence-corrected chi connectivity index (χ2v) is 4.56. The van der Waals surface area contributed by atoms with Gasteiger partial charge in [0.25, 0.3) is 5.91 Å². The number of amides is 1. The molecule has 0 fully saturated rings. The van der Waals surface area contributed by atoms with Crippen molar-refractivity contribution in [2.75, 3.05) is 13.7 Å². The predicted octanol–water partition coefficient (Wildman–Crippen LogP) is 2.85. The molecule has 4 nitrogen and oxygen atoms in total. The van der Waals surface area contributed by atoms with E-state index in [1.54, 1.807) is 31.4 Å². The summed E-state index contributed by atoms with van der Waals surface area (Å²) in [6.45, 7) is 2.32. The first kappa shape index (κ1) is 12.9. The van der Waals surface area contributed by atoms with E-state index in [0.717, 1.165) is 5.39 Å². The van der Waals surface area contributed by atoms with Gasteiger partial charge in [-0.15, -0.1) is 0 Å². The molecular formula is C13H14ClNO3. The van der Waals surface area contributed by atoms with Crippen molar-refractivity contribution in [3.8, 4) is 0 Å². The highest BCUT2D eigenvalue weighted by Crippen LogP contribution is 2.22. The van der Waals surface area contributed by atoms with E-state index in [9.17, 15) is 4.79 Å². The number of ether oxygens (including phenoxy) is 1. The molecule has 0 saturated heterocycles. The van der Waals surface area contributed by atoms with Gasteiger partial charge in [-0.1, -0.05) is 11.6 Å². The van der Waals surface area contributed by atoms with Crippen molar-refractivity contribution in [3.63, 3.8) is 0 Å². The molecule has 0 bridgehead atoms. The molecule has 2 aromatic rings. The van der Waals surface area contributed by atoms with Gasteiger partial charge in [-0.3, -0.25) is 4.79 Å². The van der Waals surface area contributed by atoms with E-state index in [1.807, 2.05) is 6.92 Å². The summed E-state index contributed by atoms with van der Waals surface area (Å²) in [5.74, 6) is 0.0158. The molecule has 0 unspecified atom stereocenters. The normalized spacial score (nSPS) is 12.6. The SMILES string of the molecule is COC[C@@H](C)NC(=O)c1cc2cc(Cl)ccc2o1. The summed E-state index contributed by atoms with van der Waals surface area (Å²) in [5.41, 5.74) is 0.643. The number of carbonyl (C=O) groups excluding carboxylic acids is 1. The third-order valence-corrected chi connectivity index (χ3v) is 2.73. The number of carbonyl (C=O) groups is 1. The number of furan rings is 1. The molecule has 1 heterocycles. The van der Waals surface area contributed by atoms with Crippen molar-refractivity contribution in [1.82, 2.24) is 5.32 Å². The van der Waals surface area contributed by atoms with Gasteiger partial charge >= 0.3 is 0 Å². The first-order valence-corrected chi connectivity index (χ1v) is 5.97. The summed E-state index contributed by atoms with van der Waals surface area (Å²) >= 11 is 5.87. The molecule has 0 aliphatic carbocycles. The summed E-state index contributed by atoms with van der Waals surface area (Å²) in [6.07, 6.45) is 0. The molecule has 96 valence electrons. The average Bonchev–Trinajstić information content (AvgIpc) is 2.72. The summed E-state index contributed by atoms with van der Waals surface area (Å²) in [5, 5.41) is 4.21. The molecule has 0 aliphatic heterocycles. The highest BCUT2D eigenvalue weighted by Gasteiger charge is 2.14. The van der Waals surface area contributed by atoms with Crippen LogP contribution in [0.25, 0.3) is 11.0 Å². The number of hydrogen-bond donors (Lipinski definition) is 1. The van der Waals surface area contributed by atoms with Crippen LogP contribution in [0, 0.1) is 0 Å². The van der Waals surface area contributed by atoms with Gasteiger partial charge in [-0.2, -0.15) is 0 Å². The quantitative estimate of drug-likeness (QED) is 0.927. The Morgan fingerprint density at radius 2 is 2.28 bits per heavy atom. The van der Waals surface area contributed by atoms with Gasteiger partial charge in [0.05, 0.1) is 6.61 Å². The van der Waals surface area contributed by atoms with Crippen molar-refractivity contribution in [1.29, 1.82) is 0 Å². The van der Waals surface area contributed by atoms with Crippen LogP contribution in [0.15, 0.2) is 28.7 Å². The van der Waals surface area contributed by atoms with Gasteiger partial charge in [0, 0.05) is 23.6 Å². The van der Waals surface area contributed by atoms with Gasteiger partial charge < -0.3 is 14.5 Å². The van der Waals surface area contributed by atoms with Crippen LogP contribution in [-0.2, 0) is 4.74 Å². The standard InChI is InChI=1S/C13H14ClNO3/c1-8(7-17-2)15-13(16)12-6-9-5-10(14)3-4-11(9)18-12/h3-6,8H,7H2,1-2H3,(H,15,16)/t8-/m1/s1. The molecule has 1 atom stereocenters. The summed E-state index contributed by atoms with van der Waals surface area (Å²) in [6, 6.07) is 6.83. The number of hydrogen-bond acceptors (Lipinski definition) is 3. The van der Waals surface area contributed by atoms with E-state index in [-0.39, 0.29) is 17.7 Å². The Morgan fingerprint density at radius 1 is 1.50 bits per heavy atom. The highest BCUT2D eigenvalue weighted by atomic mass is 35.5. The summed E-state index contributed by atoms with van der Waals surface area (Å²) < 4.78 is 10.4. The first-order valence-electron chi connectivity index (χ1n) is 5.59. The highest BCUT2D eigenvalue weighted by molar-refractivity contribution is 6.31. The fraction of sp³-hybridized carbons (Fsp3) is 0.308. The zero-order valence-electron chi connectivity index (χ0n) is 10.2. The van der Waals surface area contributed by atoms with E-state index < -0.39 is 0 Å². The van der Waals surface area contributed by atoms with Crippen LogP contribution in [0.5, 0.6) is 0 Å². The smallest absolute Gasteiger partial charge is 0.287 e. The second kappa shape index (κ2) is 5.42. The van der Waals surface area contributed by atoms with Crippen molar-refractivity contribution < 1.29 is 13.9 Å². The molecule has 1 aromatic carbocycles. The number of nitrogens with one attached hydrogen (secondary N) is 1. The third kappa shape index (κ3) is 2.83. The van der Waals surface area contributed by atoms with E-state index in [4.69, 9.17) is 20.8 Å². The maximum Gasteiger partial charge on any atom is 0.287 e. The number of benzene rings is 1. The fourth-order valence-corrected chi connectivity index (χ4v) is 1.89. The molecule has 2 rings (SSSR count). The molecule has 1 N–H and O–H groups in total. The molecule has 18 heavy (non-hydrogen) atoms. The lowest BCUT2D eigenvalue weighted by Crippen LogP contribution is -2.35. The molecular weight excluding hydrogens is 254 g/mol. The monoisotopic (exact) mass is 267 g/mol. The van der Waals surface area contributed by atoms with Gasteiger partial charge in [-0.05, 0) is 31.2 Å². The van der Waals surface area contributed by atoms with E-state index in [1.165, 1.54) is 0 Å². The Kier molecular flexibility index (Phi) is 3.89. The van der Waals surface area contributed by atoms with Crippen LogP contribution in [0.4, 0.5) is 0 Å². The van der Waals surface area contributed by atoms with Crippen LogP contribution in [0.3, 0.4) is 0 Å². The maximum absolute atomic E-state index is 11.9. The molecule has 0 spiro atoms. The molecule has 1 aromatic heterocycles. The average molecular weight is 268 g/mol. The van der Waals surface area contributed by atoms with Crippen LogP contribution < -0.4 is 5.32 Å². The Bertz CT molecular complexity index is 564. The molecule has 0 saturated carbocycles. The minimum absolute atomic E-state index is 0.0701. The van der Waals surface area contributed by atoms with Crippen LogP contribution >= 0.6 is 11.6 Å². The van der Waals surface area contributed by atoms with Crippen molar-refractivity contribution in [2.24, 2.45) is 0 Å². The lowest BCUT2D eigenvalue weighted by molar-refractivity contribution is 0.0880. The lowest BCUT2D eigenvalue weighted by atomic mass is 10.2. The molecule has 0 radical (unpaired) electrons. The largest absolute Gasteiger partial charge is 0.451 e. The molecule has 0 aliphatic rings. The van der Waals surface area contributed by atoms with E-state index >= 15 is 0 Å². The summed E-state index contributed by atoms with van der Waals surface area (Å²) in [7, 11) is 1.59. The number of fused-ring (bicyclic) bond motifs is 1. The number of methoxy groups -OCH3 is 1. The van der Waals surface area contributed by atoms with Crippen LogP contribution in [0.1, 0.15) is 17.5 Å². The molecule has 1 amide bonds. The topological polar surface area (TPSA) is 51.5 Å². The Balaban J connectivity index is 2.18. The summed E-state index contributed by atoms with van der Waals surface area (Å²) in [4.78, 5) is 11.9. The van der Waals surface area contributed by atoms with Crippen molar-refractivity contribution >= 4 is 28.5 Å². The van der Waals surface area contributed by atoms with E-state index in [2.05, 4.69) is 5.32 Å². The second-order valence-electron chi connectivity index (χ2n) is 4.12. The minimum atomic E-state index is -0.258. The van der Waals surface area contributed by atoms with Crippen LogP contribution in [-0.4, -0.2) is 25.7 Å². The molecule has 5 heteroatoms. The number of halogens is 1. The minimum Gasteiger partial charge on any atom is -0.451 e. The van der Waals surface area contributed by atoms with Crippen LogP contribution in [0.2, 0.25) is 5.02 Å². The zero-order valence-corrected chi connectivity index (χ0v) is 11.0. The van der Waals surface area contributed by atoms with Crippen molar-refractivity contribution in [2.45, 2.75) is 13.0 Å². The van der Waals surface area contributed by atoms with Gasteiger partial charge in [-0.25, -0.2) is 0 Å². The van der Waals surface area contributed by atoms with Gasteiger partial charge in [0.2, 0.25) is 0 Å². The lowest BCUT2D eigenvalue weighted by Gasteiger charge is -2.10. The predicted molar refractivity (Wildman–Crippen MR) is 70.0 cm³/mol. The Labute approximate surface area is 110 Å². The third-order valence-electron chi connectivity index (χ3n) is 2.50. The van der Waals surface area contributed by atoms with Gasteiger partial charge in [0.1, 0.15) is 5.58 Å². The number of rotatable bonds is 4. The fourth-order valence-electron chi connectivity index (χ4n) is 1.71. The zero-order chi connectivity index (χ0) is 13.1. The Hall–Kier alpha value is -1.52.